The van der Waals surface area contributed by atoms with Gasteiger partial charge in [-0.05, 0) is 69.2 Å². The van der Waals surface area contributed by atoms with Gasteiger partial charge in [0.2, 0.25) is 5.91 Å². The summed E-state index contributed by atoms with van der Waals surface area (Å²) in [6.07, 6.45) is 16.2. The van der Waals surface area contributed by atoms with E-state index in [-0.39, 0.29) is 18.6 Å². The van der Waals surface area contributed by atoms with Gasteiger partial charge in [0.1, 0.15) is 12.7 Å². The second kappa shape index (κ2) is 9.71. The average Bonchev–Trinajstić information content (AvgIpc) is 2.75. The molecule has 1 aliphatic carbocycles. The van der Waals surface area contributed by atoms with Gasteiger partial charge < -0.3 is 5.32 Å². The van der Waals surface area contributed by atoms with Gasteiger partial charge in [0, 0.05) is 18.6 Å². The van der Waals surface area contributed by atoms with E-state index in [2.05, 4.69) is 36.7 Å². The Labute approximate surface area is 179 Å². The predicted octanol–water partition coefficient (Wildman–Crippen LogP) is 3.20. The van der Waals surface area contributed by atoms with E-state index in [0.717, 1.165) is 30.2 Å². The number of hydrogen-bond donors (Lipinski definition) is 1. The lowest BCUT2D eigenvalue weighted by atomic mass is 9.86. The van der Waals surface area contributed by atoms with Gasteiger partial charge in [-0.1, -0.05) is 26.0 Å². The average molecular weight is 409 g/mol. The zero-order valence-corrected chi connectivity index (χ0v) is 18.2. The molecule has 7 nitrogen and oxygen atoms in total. The van der Waals surface area contributed by atoms with Gasteiger partial charge in [-0.2, -0.15) is 10.2 Å². The molecule has 2 unspecified atom stereocenters. The molecular weight excluding hydrogens is 376 g/mol. The third kappa shape index (κ3) is 5.16. The highest BCUT2D eigenvalue weighted by Gasteiger charge is 2.22. The van der Waals surface area contributed by atoms with Crippen molar-refractivity contribution >= 4 is 18.3 Å². The Balaban J connectivity index is 1.64. The predicted molar refractivity (Wildman–Crippen MR) is 122 cm³/mol. The van der Waals surface area contributed by atoms with E-state index in [1.54, 1.807) is 16.2 Å². The van der Waals surface area contributed by atoms with Crippen molar-refractivity contribution in [2.24, 2.45) is 16.1 Å². The topological polar surface area (TPSA) is 63.5 Å². The minimum atomic E-state index is -0.147. The van der Waals surface area contributed by atoms with E-state index in [1.807, 2.05) is 43.3 Å². The van der Waals surface area contributed by atoms with Gasteiger partial charge in [0.25, 0.3) is 0 Å². The second-order valence-electron chi connectivity index (χ2n) is 8.03. The van der Waals surface area contributed by atoms with Crippen LogP contribution in [0.3, 0.4) is 0 Å². The molecule has 1 N–H and O–H groups in total. The lowest BCUT2D eigenvalue weighted by Crippen LogP contribution is -2.41. The van der Waals surface area contributed by atoms with Gasteiger partial charge in [-0.25, -0.2) is 0 Å². The quantitative estimate of drug-likeness (QED) is 0.657. The van der Waals surface area contributed by atoms with Crippen molar-refractivity contribution in [1.82, 2.24) is 20.2 Å². The third-order valence-corrected chi connectivity index (χ3v) is 5.70. The minimum absolute atomic E-state index is 0.106. The fraction of sp³-hybridized carbons (Fsp3) is 0.435. The van der Waals surface area contributed by atoms with Crippen molar-refractivity contribution in [1.29, 1.82) is 0 Å². The standard InChI is InChI=1S/C23H32N6O/c1-6-18-8-10-19(11-9-18)21-12-7-17(2)29(26-21)16-22(30)25-20-13-14-28(24-3)23(15-20)27(4)5/h7,10,12-15,18,23H,2-3,6,8-9,11,16H2,1,4-5H3,(H,25,30). The molecule has 2 heterocycles. The van der Waals surface area contributed by atoms with E-state index in [0.29, 0.717) is 5.70 Å². The van der Waals surface area contributed by atoms with E-state index in [4.69, 9.17) is 5.10 Å². The lowest BCUT2D eigenvalue weighted by Gasteiger charge is -2.32. The summed E-state index contributed by atoms with van der Waals surface area (Å²) in [6.45, 7) is 9.97. The van der Waals surface area contributed by atoms with Crippen LogP contribution >= 0.6 is 0 Å². The normalized spacial score (nSPS) is 23.9. The molecule has 0 aromatic carbocycles. The zero-order chi connectivity index (χ0) is 21.7. The Morgan fingerprint density at radius 1 is 1.37 bits per heavy atom. The number of allylic oxidation sites excluding steroid dienone is 5. The van der Waals surface area contributed by atoms with Gasteiger partial charge >= 0.3 is 0 Å². The molecule has 1 amide bonds. The Hall–Kier alpha value is -2.93. The second-order valence-corrected chi connectivity index (χ2v) is 8.03. The van der Waals surface area contributed by atoms with Crippen molar-refractivity contribution in [2.75, 3.05) is 20.6 Å². The highest BCUT2D eigenvalue weighted by atomic mass is 16.2. The van der Waals surface area contributed by atoms with E-state index >= 15 is 0 Å². The molecular formula is C23H32N6O. The summed E-state index contributed by atoms with van der Waals surface area (Å²) < 4.78 is 0. The Bertz CT molecular complexity index is 848. The smallest absolute Gasteiger partial charge is 0.246 e. The molecule has 160 valence electrons. The molecule has 0 radical (unpaired) electrons. The summed E-state index contributed by atoms with van der Waals surface area (Å²) in [6, 6.07) is 0. The number of amides is 1. The number of nitrogens with one attached hydrogen (secondary N) is 1. The molecule has 3 rings (SSSR count). The summed E-state index contributed by atoms with van der Waals surface area (Å²) >= 11 is 0. The third-order valence-electron chi connectivity index (χ3n) is 5.70. The fourth-order valence-corrected chi connectivity index (χ4v) is 3.76. The van der Waals surface area contributed by atoms with Crippen LogP contribution in [-0.4, -0.2) is 60.1 Å². The first-order valence-corrected chi connectivity index (χ1v) is 10.4. The molecule has 0 aromatic rings. The molecule has 7 heteroatoms. The summed E-state index contributed by atoms with van der Waals surface area (Å²) in [7, 11) is 3.89. The maximum atomic E-state index is 12.7. The van der Waals surface area contributed by atoms with E-state index in [9.17, 15) is 4.79 Å². The van der Waals surface area contributed by atoms with Crippen LogP contribution in [0.4, 0.5) is 0 Å². The van der Waals surface area contributed by atoms with Crippen molar-refractivity contribution in [3.8, 4) is 0 Å². The highest BCUT2D eigenvalue weighted by Crippen LogP contribution is 2.28. The molecule has 30 heavy (non-hydrogen) atoms. The Kier molecular flexibility index (Phi) is 7.05. The summed E-state index contributed by atoms with van der Waals surface area (Å²) in [5.41, 5.74) is 3.62. The zero-order valence-electron chi connectivity index (χ0n) is 18.2. The number of rotatable bonds is 7. The molecule has 0 saturated heterocycles. The van der Waals surface area contributed by atoms with Crippen LogP contribution in [0.25, 0.3) is 0 Å². The molecule has 0 aromatic heterocycles. The largest absolute Gasteiger partial charge is 0.325 e. The van der Waals surface area contributed by atoms with Crippen molar-refractivity contribution < 1.29 is 4.79 Å². The SMILES string of the molecule is C=NN1C=CC(NC(=O)CN2N=C(C3=CCC(CC)CC3)C=CC2=C)=CC1N(C)C. The molecule has 2 aliphatic heterocycles. The van der Waals surface area contributed by atoms with Gasteiger partial charge in [-0.15, -0.1) is 0 Å². The van der Waals surface area contributed by atoms with Crippen LogP contribution in [0, 0.1) is 5.92 Å². The molecule has 0 spiro atoms. The summed E-state index contributed by atoms with van der Waals surface area (Å²) in [4.78, 5) is 14.7. The number of hydrazone groups is 2. The first kappa shape index (κ1) is 21.8. The molecule has 2 atom stereocenters. The van der Waals surface area contributed by atoms with E-state index < -0.39 is 0 Å². The Morgan fingerprint density at radius 3 is 2.80 bits per heavy atom. The number of hydrogen-bond acceptors (Lipinski definition) is 6. The monoisotopic (exact) mass is 408 g/mol. The number of nitrogens with zero attached hydrogens (tertiary/aromatic N) is 5. The van der Waals surface area contributed by atoms with Crippen LogP contribution < -0.4 is 5.32 Å². The molecule has 3 aliphatic rings. The van der Waals surface area contributed by atoms with Crippen molar-refractivity contribution in [3.63, 3.8) is 0 Å². The fourth-order valence-electron chi connectivity index (χ4n) is 3.76. The van der Waals surface area contributed by atoms with Crippen LogP contribution in [-0.2, 0) is 4.79 Å². The highest BCUT2D eigenvalue weighted by molar-refractivity contribution is 6.09. The van der Waals surface area contributed by atoms with Gasteiger partial charge in [-0.3, -0.25) is 19.7 Å². The first-order chi connectivity index (χ1) is 14.4. The van der Waals surface area contributed by atoms with Crippen LogP contribution in [0.2, 0.25) is 0 Å². The van der Waals surface area contributed by atoms with Gasteiger partial charge in [0.05, 0.1) is 11.4 Å². The van der Waals surface area contributed by atoms with E-state index in [1.165, 1.54) is 18.4 Å². The first-order valence-electron chi connectivity index (χ1n) is 10.4. The minimum Gasteiger partial charge on any atom is -0.325 e. The van der Waals surface area contributed by atoms with Crippen molar-refractivity contribution in [3.05, 3.63) is 60.1 Å². The van der Waals surface area contributed by atoms with Crippen LogP contribution in [0.5, 0.6) is 0 Å². The summed E-state index contributed by atoms with van der Waals surface area (Å²) in [5.74, 6) is 0.625. The Morgan fingerprint density at radius 2 is 2.17 bits per heavy atom. The number of carbonyl (C=O) groups is 1. The molecule has 0 bridgehead atoms. The van der Waals surface area contributed by atoms with Crippen molar-refractivity contribution in [2.45, 2.75) is 38.8 Å². The number of carbonyl (C=O) groups excluding carboxylic acids is 1. The maximum absolute atomic E-state index is 12.7. The molecule has 0 fully saturated rings. The summed E-state index contributed by atoms with van der Waals surface area (Å²) in [5, 5.41) is 15.0. The van der Waals surface area contributed by atoms with Crippen LogP contribution in [0.15, 0.2) is 70.3 Å². The van der Waals surface area contributed by atoms with Crippen LogP contribution in [0.1, 0.15) is 32.6 Å². The molecule has 0 saturated carbocycles. The van der Waals surface area contributed by atoms with Gasteiger partial charge in [0.15, 0.2) is 0 Å². The maximum Gasteiger partial charge on any atom is 0.246 e. The lowest BCUT2D eigenvalue weighted by molar-refractivity contribution is -0.121. The number of likely N-dealkylation sites (N-methyl/N-ethyl adjacent to an activating group) is 1.